The fourth-order valence-electron chi connectivity index (χ4n) is 6.13. The lowest BCUT2D eigenvalue weighted by atomic mass is 10.1. The predicted molar refractivity (Wildman–Crippen MR) is 199 cm³/mol. The molecule has 4 heterocycles. The Morgan fingerprint density at radius 1 is 1.02 bits per heavy atom. The maximum absolute atomic E-state index is 12.9. The summed E-state index contributed by atoms with van der Waals surface area (Å²) in [6.07, 6.45) is -1.94. The number of amides is 1. The van der Waals surface area contributed by atoms with E-state index in [1.807, 2.05) is 42.5 Å². The number of hydrogen-bond acceptors (Lipinski definition) is 14. The molecule has 22 nitrogen and oxygen atoms in total. The molecule has 0 radical (unpaired) electrons. The number of rotatable bonds is 13. The van der Waals surface area contributed by atoms with E-state index in [2.05, 4.69) is 44.8 Å². The van der Waals surface area contributed by atoms with Crippen molar-refractivity contribution in [3.8, 4) is 11.8 Å². The van der Waals surface area contributed by atoms with Gasteiger partial charge in [-0.1, -0.05) is 11.8 Å². The molecule has 56 heavy (non-hydrogen) atoms. The van der Waals surface area contributed by atoms with E-state index in [1.165, 1.54) is 10.8 Å². The number of carbonyl (C=O) groups excluding carboxylic acids is 1. The third-order valence-corrected chi connectivity index (χ3v) is 12.2. The Morgan fingerprint density at radius 3 is 2.32 bits per heavy atom. The molecule has 5 atom stereocenters. The lowest BCUT2D eigenvalue weighted by Gasteiger charge is -2.19. The number of nitrogens with one attached hydrogen (secondary N) is 2. The van der Waals surface area contributed by atoms with Crippen molar-refractivity contribution < 1.29 is 65.6 Å². The Morgan fingerprint density at radius 2 is 1.68 bits per heavy atom. The van der Waals surface area contributed by atoms with Gasteiger partial charge in [0, 0.05) is 59.7 Å². The number of nitrogen functional groups attached to an aromatic ring is 3. The van der Waals surface area contributed by atoms with E-state index >= 15 is 0 Å². The number of aliphatic hydroxyl groups is 1. The molecule has 13 N–H and O–H groups in total. The van der Waals surface area contributed by atoms with E-state index in [-0.39, 0.29) is 47.8 Å². The Labute approximate surface area is 315 Å². The second-order valence-corrected chi connectivity index (χ2v) is 17.0. The fourth-order valence-corrected chi connectivity index (χ4v) is 9.16. The molecule has 0 aliphatic carbocycles. The molecule has 298 valence electrons. The zero-order chi connectivity index (χ0) is 40.6. The zero-order valence-electron chi connectivity index (χ0n) is 28.9. The van der Waals surface area contributed by atoms with Gasteiger partial charge in [0.1, 0.15) is 18.9 Å². The number of phosphoric acid groups is 3. The van der Waals surface area contributed by atoms with Crippen molar-refractivity contribution >= 4 is 79.5 Å². The molecule has 0 saturated carbocycles. The highest BCUT2D eigenvalue weighted by Crippen LogP contribution is 2.66. The van der Waals surface area contributed by atoms with Gasteiger partial charge in [0.25, 0.3) is 5.56 Å². The van der Waals surface area contributed by atoms with Crippen molar-refractivity contribution in [1.29, 1.82) is 0 Å². The van der Waals surface area contributed by atoms with Gasteiger partial charge in [-0.3, -0.25) is 19.1 Å². The van der Waals surface area contributed by atoms with Gasteiger partial charge < -0.3 is 56.5 Å². The summed E-state index contributed by atoms with van der Waals surface area (Å²) in [5.74, 6) is 5.10. The van der Waals surface area contributed by atoms with Crippen LogP contribution in [0.1, 0.15) is 31.1 Å². The van der Waals surface area contributed by atoms with Gasteiger partial charge in [-0.05, 0) is 30.3 Å². The van der Waals surface area contributed by atoms with Crippen molar-refractivity contribution in [2.45, 2.75) is 44.2 Å². The van der Waals surface area contributed by atoms with Crippen LogP contribution in [-0.2, 0) is 42.9 Å². The lowest BCUT2D eigenvalue weighted by molar-refractivity contribution is -0.645. The van der Waals surface area contributed by atoms with Gasteiger partial charge in [-0.25, -0.2) is 13.7 Å². The van der Waals surface area contributed by atoms with E-state index < -0.39 is 54.1 Å². The highest BCUT2D eigenvalue weighted by molar-refractivity contribution is 7.66. The van der Waals surface area contributed by atoms with Crippen LogP contribution < -0.4 is 32.6 Å². The predicted octanol–water partition coefficient (Wildman–Crippen LogP) is 1.00. The number of hydrogen-bond donors (Lipinski definition) is 10. The van der Waals surface area contributed by atoms with E-state index in [0.29, 0.717) is 24.3 Å². The van der Waals surface area contributed by atoms with Crippen molar-refractivity contribution in [3.05, 3.63) is 64.6 Å². The number of aromatic amines is 1. The first kappa shape index (κ1) is 40.9. The number of phosphoric ester groups is 1. The Balaban J connectivity index is 1.10. The minimum atomic E-state index is -5.76. The van der Waals surface area contributed by atoms with Gasteiger partial charge in [-0.2, -0.15) is 18.2 Å². The molecule has 3 aromatic heterocycles. The van der Waals surface area contributed by atoms with Crippen LogP contribution in [0, 0.1) is 11.8 Å². The van der Waals surface area contributed by atoms with Crippen LogP contribution in [0.15, 0.2) is 53.5 Å². The smallest absolute Gasteiger partial charge is 0.399 e. The molecule has 0 spiro atoms. The van der Waals surface area contributed by atoms with Gasteiger partial charge in [0.2, 0.25) is 22.9 Å². The monoisotopic (exact) mass is 837 g/mol. The number of carbonyl (C=O) groups is 1. The van der Waals surface area contributed by atoms with Crippen LogP contribution >= 0.6 is 23.5 Å². The van der Waals surface area contributed by atoms with Crippen molar-refractivity contribution in [2.75, 3.05) is 30.4 Å². The summed E-state index contributed by atoms with van der Waals surface area (Å²) >= 11 is 0. The highest BCUT2D eigenvalue weighted by atomic mass is 31.3. The van der Waals surface area contributed by atoms with Crippen molar-refractivity contribution in [2.24, 2.45) is 0 Å². The van der Waals surface area contributed by atoms with Crippen LogP contribution in [0.2, 0.25) is 0 Å². The minimum absolute atomic E-state index is 0.00675. The fraction of sp³-hybridized carbons (Fsp3) is 0.290. The molecule has 0 bridgehead atoms. The van der Waals surface area contributed by atoms with Gasteiger partial charge in [0.05, 0.1) is 30.2 Å². The number of benzene rings is 2. The summed E-state index contributed by atoms with van der Waals surface area (Å²) in [4.78, 5) is 68.8. The van der Waals surface area contributed by atoms with E-state index in [1.54, 1.807) is 0 Å². The van der Waals surface area contributed by atoms with Gasteiger partial charge in [0.15, 0.2) is 5.65 Å². The highest BCUT2D eigenvalue weighted by Gasteiger charge is 2.43. The van der Waals surface area contributed by atoms with E-state index in [0.717, 1.165) is 21.8 Å². The summed E-state index contributed by atoms with van der Waals surface area (Å²) < 4.78 is 55.8. The summed E-state index contributed by atoms with van der Waals surface area (Å²) in [6.45, 7) is -0.497. The molecule has 2 unspecified atom stereocenters. The number of nitrogens with zero attached hydrogens (tertiary/aromatic N) is 3. The third kappa shape index (κ3) is 9.80. The van der Waals surface area contributed by atoms with Gasteiger partial charge in [-0.15, -0.1) is 0 Å². The normalized spacial score (nSPS) is 19.4. The molecule has 6 rings (SSSR count). The second-order valence-electron chi connectivity index (χ2n) is 12.5. The first-order chi connectivity index (χ1) is 26.3. The molecule has 1 fully saturated rings. The molecule has 1 aliphatic rings. The zero-order valence-corrected chi connectivity index (χ0v) is 31.6. The summed E-state index contributed by atoms with van der Waals surface area (Å²) in [5, 5.41) is 15.3. The molecule has 25 heteroatoms. The van der Waals surface area contributed by atoms with Crippen LogP contribution in [0.4, 0.5) is 17.3 Å². The maximum atomic E-state index is 12.9. The molecule has 1 saturated heterocycles. The molecule has 5 aromatic rings. The Bertz CT molecular complexity index is 2560. The second kappa shape index (κ2) is 16.0. The topological polar surface area (TPSA) is 351 Å². The molecular formula is C31H36N8O14P3+. The minimum Gasteiger partial charge on any atom is -0.399 e. The van der Waals surface area contributed by atoms with Gasteiger partial charge >= 0.3 is 23.5 Å². The number of aliphatic hydroxyl groups excluding tert-OH is 1. The average molecular weight is 838 g/mol. The quantitative estimate of drug-likeness (QED) is 0.0260. The number of fused-ring (bicyclic) bond motifs is 3. The lowest BCUT2D eigenvalue weighted by Crippen LogP contribution is -2.36. The summed E-state index contributed by atoms with van der Waals surface area (Å²) in [6, 6.07) is 13.3. The van der Waals surface area contributed by atoms with Crippen LogP contribution in [0.3, 0.4) is 0 Å². The first-order valence-electron chi connectivity index (χ1n) is 16.5. The van der Waals surface area contributed by atoms with Crippen LogP contribution in [0.5, 0.6) is 0 Å². The number of aryl methyl sites for hydroxylation is 1. The largest absolute Gasteiger partial charge is 0.490 e. The SMILES string of the molecule is Nc1ccc2cc3ccc(N)cc3[n+](CCCC(=O)NCC#Cc3cn([C@H]4C[C@H](O)[C@@H](COP(=O)(O)OP(=O)(O)OP(=O)(O)O)O4)c4nc(N)[nH]c(=O)c34)c2c1. The molecule has 1 aliphatic heterocycles. The van der Waals surface area contributed by atoms with Crippen LogP contribution in [-0.4, -0.2) is 70.5 Å². The van der Waals surface area contributed by atoms with E-state index in [9.17, 15) is 38.2 Å². The number of pyridine rings is 1. The maximum Gasteiger partial charge on any atom is 0.490 e. The van der Waals surface area contributed by atoms with Crippen molar-refractivity contribution in [1.82, 2.24) is 19.9 Å². The van der Waals surface area contributed by atoms with E-state index in [4.69, 9.17) is 31.7 Å². The molecule has 2 aromatic carbocycles. The number of ether oxygens (including phenoxy) is 1. The number of nitrogens with two attached hydrogens (primary N) is 3. The third-order valence-electron chi connectivity index (χ3n) is 8.42. The standard InChI is InChI=1S/C31H35N8O14P3/c32-20-7-5-17-11-18-6-8-21(33)13-23(18)38(22(17)12-20)10-2-4-26(41)35-9-1-3-19-15-39(29-28(19)30(42)37-31(34)36-29)27-14-24(40)25(51-27)16-50-55(46,47)53-56(48,49)52-54(43,44)45/h5-8,11-13,15,24-25,27,40H,2,4,9-10,14,16H2,(H11,32,33,34,35,36,37,41,42,43,44,45,46,47,48,49)/p+1/t24-,25+,27+/m0/s1. The summed E-state index contributed by atoms with van der Waals surface area (Å²) in [5.41, 5.74) is 20.4. The number of aromatic nitrogens is 4. The Kier molecular flexibility index (Phi) is 11.7. The molecule has 1 amide bonds. The first-order valence-corrected chi connectivity index (χ1v) is 21.0. The summed E-state index contributed by atoms with van der Waals surface area (Å²) in [7, 11) is -16.9. The number of anilines is 3. The molecular weight excluding hydrogens is 801 g/mol. The Hall–Kier alpha value is -4.71. The van der Waals surface area contributed by atoms with Crippen LogP contribution in [0.25, 0.3) is 32.8 Å². The number of H-pyrrole nitrogens is 1. The van der Waals surface area contributed by atoms with Crippen molar-refractivity contribution in [3.63, 3.8) is 0 Å². The average Bonchev–Trinajstić information content (AvgIpc) is 3.63.